The molecule has 0 atom stereocenters. The van der Waals surface area contributed by atoms with E-state index in [2.05, 4.69) is 10.6 Å². The molecule has 0 spiro atoms. The molecule has 0 saturated carbocycles. The Labute approximate surface area is 114 Å². The molecule has 0 radical (unpaired) electrons. The zero-order chi connectivity index (χ0) is 13.3. The van der Waals surface area contributed by atoms with Crippen LogP contribution in [-0.2, 0) is 9.47 Å². The second-order valence-electron chi connectivity index (χ2n) is 4.12. The Hall–Kier alpha value is -0.620. The molecule has 0 aliphatic carbocycles. The van der Waals surface area contributed by atoms with E-state index in [0.717, 1.165) is 19.5 Å². The summed E-state index contributed by atoms with van der Waals surface area (Å²) < 4.78 is 10.6. The van der Waals surface area contributed by atoms with Crippen molar-refractivity contribution in [2.45, 2.75) is 46.3 Å². The lowest BCUT2D eigenvalue weighted by atomic mass is 10.4. The molecular weight excluding hydrogens is 256 g/mol. The molecule has 17 heavy (non-hydrogen) atoms. The first-order chi connectivity index (χ1) is 7.91. The van der Waals surface area contributed by atoms with E-state index in [-0.39, 0.29) is 12.2 Å². The van der Waals surface area contributed by atoms with Crippen LogP contribution in [0, 0.1) is 0 Å². The van der Waals surface area contributed by atoms with Crippen LogP contribution < -0.4 is 10.6 Å². The fourth-order valence-electron chi connectivity index (χ4n) is 0.981. The summed E-state index contributed by atoms with van der Waals surface area (Å²) in [7, 11) is 0. The normalized spacial score (nSPS) is 10.2. The number of thiocarbonyl (C=S) groups is 2. The van der Waals surface area contributed by atoms with E-state index in [0.29, 0.717) is 10.3 Å². The van der Waals surface area contributed by atoms with Crippen LogP contribution in [0.4, 0.5) is 0 Å². The van der Waals surface area contributed by atoms with Crippen molar-refractivity contribution in [2.75, 3.05) is 13.1 Å². The molecule has 0 aliphatic heterocycles. The molecule has 0 heterocycles. The third-order valence-corrected chi connectivity index (χ3v) is 2.06. The van der Waals surface area contributed by atoms with Gasteiger partial charge in [-0.05, 0) is 58.6 Å². The van der Waals surface area contributed by atoms with Gasteiger partial charge in [-0.2, -0.15) is 0 Å². The molecule has 0 bridgehead atoms. The van der Waals surface area contributed by atoms with E-state index in [4.69, 9.17) is 33.9 Å². The molecule has 100 valence electrons. The van der Waals surface area contributed by atoms with Gasteiger partial charge in [0.05, 0.1) is 12.2 Å². The molecule has 0 unspecified atom stereocenters. The fourth-order valence-corrected chi connectivity index (χ4v) is 1.57. The molecule has 0 fully saturated rings. The fraction of sp³-hybridized carbons (Fsp3) is 0.818. The summed E-state index contributed by atoms with van der Waals surface area (Å²) >= 11 is 9.97. The summed E-state index contributed by atoms with van der Waals surface area (Å²) in [6.45, 7) is 9.27. The van der Waals surface area contributed by atoms with Gasteiger partial charge < -0.3 is 20.1 Å². The van der Waals surface area contributed by atoms with Crippen LogP contribution in [0.2, 0.25) is 0 Å². The number of nitrogens with one attached hydrogen (secondary N) is 2. The van der Waals surface area contributed by atoms with Gasteiger partial charge in [-0.1, -0.05) is 0 Å². The minimum absolute atomic E-state index is 0.111. The topological polar surface area (TPSA) is 42.5 Å². The van der Waals surface area contributed by atoms with Crippen LogP contribution in [0.3, 0.4) is 0 Å². The Kier molecular flexibility index (Phi) is 9.07. The van der Waals surface area contributed by atoms with Crippen molar-refractivity contribution in [2.24, 2.45) is 0 Å². The predicted molar refractivity (Wildman–Crippen MR) is 78.3 cm³/mol. The highest BCUT2D eigenvalue weighted by Crippen LogP contribution is 1.90. The van der Waals surface area contributed by atoms with Crippen LogP contribution in [0.15, 0.2) is 0 Å². The van der Waals surface area contributed by atoms with Gasteiger partial charge in [0.2, 0.25) is 0 Å². The Morgan fingerprint density at radius 3 is 1.53 bits per heavy atom. The number of hydrogen-bond acceptors (Lipinski definition) is 4. The van der Waals surface area contributed by atoms with Gasteiger partial charge in [-0.15, -0.1) is 0 Å². The van der Waals surface area contributed by atoms with E-state index in [1.54, 1.807) is 0 Å². The zero-order valence-corrected chi connectivity index (χ0v) is 12.5. The SMILES string of the molecule is CC(C)OC(=S)NCCCNC(=S)OC(C)C. The molecule has 0 saturated heterocycles. The maximum Gasteiger partial charge on any atom is 0.256 e. The largest absolute Gasteiger partial charge is 0.468 e. The van der Waals surface area contributed by atoms with Gasteiger partial charge in [-0.25, -0.2) is 0 Å². The lowest BCUT2D eigenvalue weighted by molar-refractivity contribution is 0.223. The Balaban J connectivity index is 3.40. The molecule has 0 rings (SSSR count). The molecule has 6 heteroatoms. The molecule has 0 aromatic rings. The first-order valence-corrected chi connectivity index (χ1v) is 6.62. The van der Waals surface area contributed by atoms with E-state index < -0.39 is 0 Å². The summed E-state index contributed by atoms with van der Waals surface area (Å²) in [5.41, 5.74) is 0. The standard InChI is InChI=1S/C11H22N2O2S2/c1-8(2)14-10(16)12-6-5-7-13-11(17)15-9(3)4/h8-9H,5-7H2,1-4H3,(H,12,16)(H,13,17). The molecule has 4 nitrogen and oxygen atoms in total. The van der Waals surface area contributed by atoms with Crippen LogP contribution >= 0.6 is 24.4 Å². The third kappa shape index (κ3) is 11.6. The minimum Gasteiger partial charge on any atom is -0.468 e. The first-order valence-electron chi connectivity index (χ1n) is 5.80. The lowest BCUT2D eigenvalue weighted by Crippen LogP contribution is -2.32. The van der Waals surface area contributed by atoms with Crippen molar-refractivity contribution in [1.29, 1.82) is 0 Å². The highest BCUT2D eigenvalue weighted by Gasteiger charge is 2.01. The first kappa shape index (κ1) is 16.4. The molecular formula is C11H22N2O2S2. The van der Waals surface area contributed by atoms with Crippen molar-refractivity contribution in [3.63, 3.8) is 0 Å². The van der Waals surface area contributed by atoms with Crippen molar-refractivity contribution in [1.82, 2.24) is 10.6 Å². The highest BCUT2D eigenvalue weighted by atomic mass is 32.1. The Bertz CT molecular complexity index is 222. The average molecular weight is 278 g/mol. The van der Waals surface area contributed by atoms with E-state index in [9.17, 15) is 0 Å². The number of hydrogen-bond donors (Lipinski definition) is 2. The van der Waals surface area contributed by atoms with Gasteiger partial charge >= 0.3 is 0 Å². The second-order valence-corrected chi connectivity index (χ2v) is 4.86. The number of rotatable bonds is 6. The predicted octanol–water partition coefficient (Wildman–Crippen LogP) is 1.98. The van der Waals surface area contributed by atoms with Crippen LogP contribution in [0.1, 0.15) is 34.1 Å². The maximum absolute atomic E-state index is 5.28. The van der Waals surface area contributed by atoms with Crippen LogP contribution in [-0.4, -0.2) is 35.6 Å². The van der Waals surface area contributed by atoms with Gasteiger partial charge in [0.15, 0.2) is 0 Å². The van der Waals surface area contributed by atoms with Crippen LogP contribution in [0.25, 0.3) is 0 Å². The van der Waals surface area contributed by atoms with Crippen molar-refractivity contribution in [3.8, 4) is 0 Å². The Morgan fingerprint density at radius 2 is 1.24 bits per heavy atom. The summed E-state index contributed by atoms with van der Waals surface area (Å²) in [5, 5.41) is 6.92. The van der Waals surface area contributed by atoms with Gasteiger partial charge in [0.1, 0.15) is 0 Å². The van der Waals surface area contributed by atoms with Crippen molar-refractivity contribution < 1.29 is 9.47 Å². The third-order valence-electron chi connectivity index (χ3n) is 1.58. The quantitative estimate of drug-likeness (QED) is 0.572. The van der Waals surface area contributed by atoms with E-state index in [1.807, 2.05) is 27.7 Å². The monoisotopic (exact) mass is 278 g/mol. The van der Waals surface area contributed by atoms with E-state index in [1.165, 1.54) is 0 Å². The lowest BCUT2D eigenvalue weighted by Gasteiger charge is -2.14. The van der Waals surface area contributed by atoms with Crippen molar-refractivity contribution in [3.05, 3.63) is 0 Å². The van der Waals surface area contributed by atoms with Gasteiger partial charge in [0.25, 0.3) is 10.3 Å². The summed E-state index contributed by atoms with van der Waals surface area (Å²) in [6.07, 6.45) is 1.11. The van der Waals surface area contributed by atoms with Crippen LogP contribution in [0.5, 0.6) is 0 Å². The zero-order valence-electron chi connectivity index (χ0n) is 10.9. The van der Waals surface area contributed by atoms with Gasteiger partial charge in [-0.3, -0.25) is 0 Å². The smallest absolute Gasteiger partial charge is 0.256 e. The summed E-state index contributed by atoms with van der Waals surface area (Å²) in [6, 6.07) is 0. The summed E-state index contributed by atoms with van der Waals surface area (Å²) in [5.74, 6) is 0. The Morgan fingerprint density at radius 1 is 0.882 bits per heavy atom. The van der Waals surface area contributed by atoms with E-state index >= 15 is 0 Å². The number of ether oxygens (including phenoxy) is 2. The molecule has 0 aliphatic rings. The van der Waals surface area contributed by atoms with Gasteiger partial charge in [0, 0.05) is 13.1 Å². The average Bonchev–Trinajstić information content (AvgIpc) is 2.14. The highest BCUT2D eigenvalue weighted by molar-refractivity contribution is 7.80. The molecule has 0 aromatic heterocycles. The molecule has 0 aromatic carbocycles. The van der Waals surface area contributed by atoms with Crippen molar-refractivity contribution >= 4 is 34.8 Å². The minimum atomic E-state index is 0.111. The molecule has 0 amide bonds. The summed E-state index contributed by atoms with van der Waals surface area (Å²) in [4.78, 5) is 0. The maximum atomic E-state index is 5.28. The molecule has 2 N–H and O–H groups in total. The second kappa shape index (κ2) is 9.41.